The number of phenols is 1. The van der Waals surface area contributed by atoms with Crippen molar-refractivity contribution in [2.45, 2.75) is 31.9 Å². The monoisotopic (exact) mass is 380 g/mol. The average Bonchev–Trinajstić information content (AvgIpc) is 2.73. The minimum atomic E-state index is -0.232. The minimum Gasteiger partial charge on any atom is -0.508 e. The Balaban J connectivity index is 1.57. The Labute approximate surface area is 166 Å². The van der Waals surface area contributed by atoms with E-state index in [2.05, 4.69) is 29.6 Å². The number of aromatic hydroxyl groups is 1. The molecule has 0 aliphatic carbocycles. The van der Waals surface area contributed by atoms with Gasteiger partial charge in [0.1, 0.15) is 5.75 Å². The molecule has 0 unspecified atom stereocenters. The van der Waals surface area contributed by atoms with Gasteiger partial charge in [-0.25, -0.2) is 0 Å². The fraction of sp³-hybridized carbons (Fsp3) is 0.348. The van der Waals surface area contributed by atoms with Crippen LogP contribution in [0.2, 0.25) is 0 Å². The molecule has 3 rings (SSSR count). The highest BCUT2D eigenvalue weighted by molar-refractivity contribution is 5.91. The van der Waals surface area contributed by atoms with Crippen LogP contribution in [-0.4, -0.2) is 41.2 Å². The quantitative estimate of drug-likeness (QED) is 0.674. The zero-order chi connectivity index (χ0) is 19.9. The van der Waals surface area contributed by atoms with Gasteiger partial charge < -0.3 is 20.4 Å². The summed E-state index contributed by atoms with van der Waals surface area (Å²) in [5.74, 6) is 0.557. The number of piperidine rings is 1. The molecule has 148 valence electrons. The highest BCUT2D eigenvalue weighted by Crippen LogP contribution is 2.29. The molecule has 0 bridgehead atoms. The molecule has 28 heavy (non-hydrogen) atoms. The lowest BCUT2D eigenvalue weighted by atomic mass is 9.88. The number of nitrogens with zero attached hydrogens (tertiary/aromatic N) is 1. The summed E-state index contributed by atoms with van der Waals surface area (Å²) in [4.78, 5) is 14.4. The lowest BCUT2D eigenvalue weighted by molar-refractivity contribution is -0.126. The van der Waals surface area contributed by atoms with Crippen LogP contribution < -0.4 is 5.32 Å². The molecule has 1 saturated heterocycles. The lowest BCUT2D eigenvalue weighted by Gasteiger charge is -2.31. The van der Waals surface area contributed by atoms with E-state index >= 15 is 0 Å². The first kappa shape index (κ1) is 20.1. The van der Waals surface area contributed by atoms with Crippen molar-refractivity contribution in [1.82, 2.24) is 10.2 Å². The van der Waals surface area contributed by atoms with Crippen molar-refractivity contribution in [3.05, 3.63) is 70.8 Å². The lowest BCUT2D eigenvalue weighted by Crippen LogP contribution is -2.36. The van der Waals surface area contributed by atoms with Crippen molar-refractivity contribution < 1.29 is 15.0 Å². The molecule has 1 aliphatic rings. The smallest absolute Gasteiger partial charge is 0.246 e. The van der Waals surface area contributed by atoms with E-state index in [1.807, 2.05) is 11.9 Å². The third-order valence-electron chi connectivity index (χ3n) is 5.30. The van der Waals surface area contributed by atoms with E-state index in [-0.39, 0.29) is 18.3 Å². The van der Waals surface area contributed by atoms with Crippen LogP contribution >= 0.6 is 0 Å². The molecule has 2 aromatic rings. The summed E-state index contributed by atoms with van der Waals surface area (Å²) in [5, 5.41) is 22.0. The van der Waals surface area contributed by atoms with E-state index in [9.17, 15) is 15.0 Å². The van der Waals surface area contributed by atoms with Crippen LogP contribution in [0.15, 0.2) is 48.5 Å². The first-order valence-corrected chi connectivity index (χ1v) is 9.74. The summed E-state index contributed by atoms with van der Waals surface area (Å²) in [6, 6.07) is 13.6. The van der Waals surface area contributed by atoms with Gasteiger partial charge in [0.25, 0.3) is 0 Å². The van der Waals surface area contributed by atoms with Crippen LogP contribution in [-0.2, 0) is 17.9 Å². The molecular formula is C23H28N2O3. The number of benzene rings is 2. The van der Waals surface area contributed by atoms with Crippen LogP contribution in [0.3, 0.4) is 0 Å². The predicted molar refractivity (Wildman–Crippen MR) is 111 cm³/mol. The molecule has 2 aromatic carbocycles. The second-order valence-corrected chi connectivity index (χ2v) is 7.25. The third-order valence-corrected chi connectivity index (χ3v) is 5.30. The Hall–Kier alpha value is -2.63. The summed E-state index contributed by atoms with van der Waals surface area (Å²) in [7, 11) is 1.95. The molecular weight excluding hydrogens is 352 g/mol. The molecule has 1 amide bonds. The van der Waals surface area contributed by atoms with E-state index in [4.69, 9.17) is 0 Å². The van der Waals surface area contributed by atoms with Gasteiger partial charge in [-0.1, -0.05) is 30.3 Å². The van der Waals surface area contributed by atoms with Crippen molar-refractivity contribution in [3.8, 4) is 5.75 Å². The SMILES string of the molecule is CNCc1cccc(C2CCN(C(=O)/C=C/c3ccc(O)c(CO)c3)CC2)c1. The third kappa shape index (κ3) is 5.00. The van der Waals surface area contributed by atoms with E-state index in [1.165, 1.54) is 17.2 Å². The molecule has 0 spiro atoms. The number of nitrogens with one attached hydrogen (secondary N) is 1. The Morgan fingerprint density at radius 3 is 2.71 bits per heavy atom. The molecule has 3 N–H and O–H groups in total. The van der Waals surface area contributed by atoms with Gasteiger partial charge in [0, 0.05) is 31.3 Å². The van der Waals surface area contributed by atoms with Crippen molar-refractivity contribution >= 4 is 12.0 Å². The summed E-state index contributed by atoms with van der Waals surface area (Å²) in [5.41, 5.74) is 3.89. The van der Waals surface area contributed by atoms with Crippen molar-refractivity contribution in [2.75, 3.05) is 20.1 Å². The normalized spacial score (nSPS) is 15.3. The number of rotatable bonds is 6. The number of hydrogen-bond acceptors (Lipinski definition) is 4. The van der Waals surface area contributed by atoms with Crippen LogP contribution in [0.1, 0.15) is 41.0 Å². The summed E-state index contributed by atoms with van der Waals surface area (Å²) >= 11 is 0. The zero-order valence-corrected chi connectivity index (χ0v) is 16.3. The Morgan fingerprint density at radius 1 is 1.21 bits per heavy atom. The van der Waals surface area contributed by atoms with Gasteiger partial charge in [-0.2, -0.15) is 0 Å². The molecule has 1 heterocycles. The summed E-state index contributed by atoms with van der Waals surface area (Å²) in [6.45, 7) is 2.14. The number of carbonyl (C=O) groups excluding carboxylic acids is 1. The van der Waals surface area contributed by atoms with E-state index in [1.54, 1.807) is 24.3 Å². The van der Waals surface area contributed by atoms with E-state index in [0.29, 0.717) is 11.5 Å². The molecule has 1 fully saturated rings. The first-order valence-electron chi connectivity index (χ1n) is 9.74. The molecule has 0 saturated carbocycles. The number of likely N-dealkylation sites (tertiary alicyclic amines) is 1. The van der Waals surface area contributed by atoms with Crippen LogP contribution in [0.5, 0.6) is 5.75 Å². The first-order chi connectivity index (χ1) is 13.6. The Morgan fingerprint density at radius 2 is 2.00 bits per heavy atom. The van der Waals surface area contributed by atoms with Gasteiger partial charge >= 0.3 is 0 Å². The molecule has 0 radical (unpaired) electrons. The molecule has 1 aliphatic heterocycles. The van der Waals surface area contributed by atoms with Gasteiger partial charge in [-0.3, -0.25) is 4.79 Å². The summed E-state index contributed by atoms with van der Waals surface area (Å²) < 4.78 is 0. The van der Waals surface area contributed by atoms with Gasteiger partial charge in [0.15, 0.2) is 0 Å². The number of aliphatic hydroxyl groups excluding tert-OH is 1. The van der Waals surface area contributed by atoms with Crippen molar-refractivity contribution in [1.29, 1.82) is 0 Å². The molecule has 5 nitrogen and oxygen atoms in total. The van der Waals surface area contributed by atoms with Gasteiger partial charge in [0.2, 0.25) is 5.91 Å². The predicted octanol–water partition coefficient (Wildman–Crippen LogP) is 3.02. The fourth-order valence-electron chi connectivity index (χ4n) is 3.70. The average molecular weight is 380 g/mol. The van der Waals surface area contributed by atoms with Gasteiger partial charge in [-0.05, 0) is 60.7 Å². The van der Waals surface area contributed by atoms with Gasteiger partial charge in [-0.15, -0.1) is 0 Å². The zero-order valence-electron chi connectivity index (χ0n) is 16.3. The second kappa shape index (κ2) is 9.53. The highest BCUT2D eigenvalue weighted by Gasteiger charge is 2.22. The van der Waals surface area contributed by atoms with Crippen molar-refractivity contribution in [2.24, 2.45) is 0 Å². The fourth-order valence-corrected chi connectivity index (χ4v) is 3.70. The Bertz CT molecular complexity index is 839. The highest BCUT2D eigenvalue weighted by atomic mass is 16.3. The molecule has 0 aromatic heterocycles. The Kier molecular flexibility index (Phi) is 6.85. The largest absolute Gasteiger partial charge is 0.508 e. The number of hydrogen-bond donors (Lipinski definition) is 3. The minimum absolute atomic E-state index is 0.000933. The number of carbonyl (C=O) groups is 1. The number of amides is 1. The second-order valence-electron chi connectivity index (χ2n) is 7.25. The van der Waals surface area contributed by atoms with Crippen molar-refractivity contribution in [3.63, 3.8) is 0 Å². The van der Waals surface area contributed by atoms with Gasteiger partial charge in [0.05, 0.1) is 6.61 Å². The summed E-state index contributed by atoms with van der Waals surface area (Å²) in [6.07, 6.45) is 5.24. The molecule has 5 heteroatoms. The number of aliphatic hydroxyl groups is 1. The molecule has 0 atom stereocenters. The standard InChI is InChI=1S/C23H28N2O3/c1-24-15-18-3-2-4-20(14-18)19-9-11-25(12-10-19)23(28)8-6-17-5-7-22(27)21(13-17)16-26/h2-8,13-14,19,24,26-27H,9-12,15-16H2,1H3/b8-6+. The maximum Gasteiger partial charge on any atom is 0.246 e. The van der Waals surface area contributed by atoms with Crippen LogP contribution in [0.25, 0.3) is 6.08 Å². The van der Waals surface area contributed by atoms with E-state index < -0.39 is 0 Å². The topological polar surface area (TPSA) is 72.8 Å². The maximum atomic E-state index is 12.5. The van der Waals surface area contributed by atoms with Crippen LogP contribution in [0, 0.1) is 0 Å². The van der Waals surface area contributed by atoms with E-state index in [0.717, 1.165) is 38.0 Å². The van der Waals surface area contributed by atoms with Crippen LogP contribution in [0.4, 0.5) is 0 Å². The maximum absolute atomic E-state index is 12.5.